The second kappa shape index (κ2) is 7.11. The number of hydrogen-bond donors (Lipinski definition) is 1. The molecule has 0 atom stereocenters. The molecule has 0 saturated carbocycles. The summed E-state index contributed by atoms with van der Waals surface area (Å²) in [7, 11) is 2.05. The normalized spacial score (nSPS) is 14.9. The van der Waals surface area contributed by atoms with E-state index in [0.29, 0.717) is 30.0 Å². The van der Waals surface area contributed by atoms with Crippen molar-refractivity contribution in [2.24, 2.45) is 0 Å². The Hall–Kier alpha value is -2.91. The van der Waals surface area contributed by atoms with Crippen LogP contribution in [0.4, 0.5) is 11.4 Å². The van der Waals surface area contributed by atoms with Crippen LogP contribution < -0.4 is 5.32 Å². The fourth-order valence-electron chi connectivity index (χ4n) is 2.64. The van der Waals surface area contributed by atoms with E-state index in [-0.39, 0.29) is 5.91 Å². The van der Waals surface area contributed by atoms with E-state index >= 15 is 0 Å². The molecular formula is C18H19N5O. The van der Waals surface area contributed by atoms with Crippen molar-refractivity contribution >= 4 is 17.3 Å². The molecule has 1 aromatic carbocycles. The third kappa shape index (κ3) is 3.53. The topological polar surface area (TPSA) is 72.3 Å². The molecule has 0 radical (unpaired) electrons. The van der Waals surface area contributed by atoms with Crippen LogP contribution in [-0.2, 0) is 0 Å². The van der Waals surface area contributed by atoms with Crippen LogP contribution in [0.15, 0.2) is 42.6 Å². The summed E-state index contributed by atoms with van der Waals surface area (Å²) in [5, 5.41) is 12.4. The first-order chi connectivity index (χ1) is 11.7. The molecule has 1 fully saturated rings. The smallest absolute Gasteiger partial charge is 0.272 e. The van der Waals surface area contributed by atoms with Crippen LogP contribution in [0.1, 0.15) is 16.1 Å². The van der Waals surface area contributed by atoms with E-state index in [9.17, 15) is 4.79 Å². The monoisotopic (exact) mass is 321 g/mol. The number of likely N-dealkylation sites (N-methyl/N-ethyl adjacent to an activating group) is 1. The quantitative estimate of drug-likeness (QED) is 0.937. The Bertz CT molecular complexity index is 775. The largest absolute Gasteiger partial charge is 0.354 e. The van der Waals surface area contributed by atoms with Gasteiger partial charge in [-0.15, -0.1) is 0 Å². The first kappa shape index (κ1) is 16.0. The maximum Gasteiger partial charge on any atom is 0.272 e. The fraction of sp³-hybridized carbons (Fsp3) is 0.278. The number of nitrogens with zero attached hydrogens (tertiary/aromatic N) is 4. The summed E-state index contributed by atoms with van der Waals surface area (Å²) in [6.07, 6.45) is 1.61. The average molecular weight is 321 g/mol. The SMILES string of the molecule is CN1CCN(C(=O)c2cc(Nc3ccccc3C#N)ccn2)CC1. The Morgan fingerprint density at radius 3 is 2.71 bits per heavy atom. The van der Waals surface area contributed by atoms with Gasteiger partial charge in [0.1, 0.15) is 11.8 Å². The molecule has 6 nitrogen and oxygen atoms in total. The maximum absolute atomic E-state index is 12.6. The Kier molecular flexibility index (Phi) is 4.73. The lowest BCUT2D eigenvalue weighted by Crippen LogP contribution is -2.47. The third-order valence-corrected chi connectivity index (χ3v) is 4.10. The Morgan fingerprint density at radius 1 is 1.21 bits per heavy atom. The van der Waals surface area contributed by atoms with Crippen LogP contribution in [0, 0.1) is 11.3 Å². The number of anilines is 2. The van der Waals surface area contributed by atoms with Gasteiger partial charge in [0.25, 0.3) is 5.91 Å². The lowest BCUT2D eigenvalue weighted by Gasteiger charge is -2.32. The number of amides is 1. The van der Waals surface area contributed by atoms with Crippen LogP contribution in [0.5, 0.6) is 0 Å². The number of para-hydroxylation sites is 1. The fourth-order valence-corrected chi connectivity index (χ4v) is 2.64. The second-order valence-electron chi connectivity index (χ2n) is 5.81. The van der Waals surface area contributed by atoms with Crippen LogP contribution in [-0.4, -0.2) is 53.9 Å². The van der Waals surface area contributed by atoms with Crippen molar-refractivity contribution in [3.05, 3.63) is 53.9 Å². The van der Waals surface area contributed by atoms with Gasteiger partial charge in [-0.1, -0.05) is 12.1 Å². The maximum atomic E-state index is 12.6. The van der Waals surface area contributed by atoms with Gasteiger partial charge in [0.2, 0.25) is 0 Å². The first-order valence-electron chi connectivity index (χ1n) is 7.87. The zero-order chi connectivity index (χ0) is 16.9. The Labute approximate surface area is 141 Å². The number of rotatable bonds is 3. The van der Waals surface area contributed by atoms with Crippen molar-refractivity contribution in [2.75, 3.05) is 38.5 Å². The highest BCUT2D eigenvalue weighted by atomic mass is 16.2. The summed E-state index contributed by atoms with van der Waals surface area (Å²) < 4.78 is 0. The van der Waals surface area contributed by atoms with Crippen molar-refractivity contribution in [2.45, 2.75) is 0 Å². The molecule has 0 aliphatic carbocycles. The van der Waals surface area contributed by atoms with Gasteiger partial charge < -0.3 is 15.1 Å². The molecule has 2 heterocycles. The van der Waals surface area contributed by atoms with Gasteiger partial charge in [-0.3, -0.25) is 9.78 Å². The molecule has 24 heavy (non-hydrogen) atoms. The summed E-state index contributed by atoms with van der Waals surface area (Å²) in [6.45, 7) is 3.18. The van der Waals surface area contributed by atoms with Gasteiger partial charge in [-0.2, -0.15) is 5.26 Å². The highest BCUT2D eigenvalue weighted by molar-refractivity contribution is 5.93. The van der Waals surface area contributed by atoms with Crippen molar-refractivity contribution in [1.82, 2.24) is 14.8 Å². The number of carbonyl (C=O) groups is 1. The van der Waals surface area contributed by atoms with E-state index < -0.39 is 0 Å². The molecule has 1 N–H and O–H groups in total. The predicted octanol–water partition coefficient (Wildman–Crippen LogP) is 2.08. The van der Waals surface area contributed by atoms with E-state index in [1.54, 1.807) is 24.4 Å². The molecule has 1 amide bonds. The molecular weight excluding hydrogens is 302 g/mol. The number of carbonyl (C=O) groups excluding carboxylic acids is 1. The highest BCUT2D eigenvalue weighted by Gasteiger charge is 2.21. The molecule has 1 aliphatic heterocycles. The molecule has 1 saturated heterocycles. The lowest BCUT2D eigenvalue weighted by molar-refractivity contribution is 0.0658. The van der Waals surface area contributed by atoms with Crippen LogP contribution in [0.25, 0.3) is 0 Å². The van der Waals surface area contributed by atoms with E-state index in [4.69, 9.17) is 5.26 Å². The number of pyridine rings is 1. The summed E-state index contributed by atoms with van der Waals surface area (Å²) in [5.74, 6) is -0.0553. The molecule has 0 unspecified atom stereocenters. The minimum absolute atomic E-state index is 0.0553. The molecule has 1 aromatic heterocycles. The number of nitrogens with one attached hydrogen (secondary N) is 1. The first-order valence-corrected chi connectivity index (χ1v) is 7.87. The van der Waals surface area contributed by atoms with Crippen LogP contribution in [0.3, 0.4) is 0 Å². The van der Waals surface area contributed by atoms with Gasteiger partial charge in [-0.25, -0.2) is 0 Å². The molecule has 122 valence electrons. The van der Waals surface area contributed by atoms with Gasteiger partial charge >= 0.3 is 0 Å². The molecule has 0 bridgehead atoms. The standard InChI is InChI=1S/C18H19N5O/c1-22-8-10-23(11-9-22)18(24)17-12-15(6-7-20-17)21-16-5-3-2-4-14(16)13-19/h2-7,12H,8-11H2,1H3,(H,20,21). The summed E-state index contributed by atoms with van der Waals surface area (Å²) in [4.78, 5) is 20.8. The Morgan fingerprint density at radius 2 is 1.96 bits per heavy atom. The summed E-state index contributed by atoms with van der Waals surface area (Å²) in [6, 6.07) is 12.9. The van der Waals surface area contributed by atoms with E-state index in [2.05, 4.69) is 28.3 Å². The minimum Gasteiger partial charge on any atom is -0.354 e. The predicted molar refractivity (Wildman–Crippen MR) is 92.1 cm³/mol. The number of hydrogen-bond acceptors (Lipinski definition) is 5. The summed E-state index contributed by atoms with van der Waals surface area (Å²) >= 11 is 0. The van der Waals surface area contributed by atoms with Gasteiger partial charge in [0.05, 0.1) is 11.3 Å². The zero-order valence-corrected chi connectivity index (χ0v) is 13.6. The molecule has 2 aromatic rings. The molecule has 3 rings (SSSR count). The van der Waals surface area contributed by atoms with Crippen molar-refractivity contribution in [1.29, 1.82) is 5.26 Å². The van der Waals surface area contributed by atoms with Gasteiger partial charge in [0.15, 0.2) is 0 Å². The second-order valence-corrected chi connectivity index (χ2v) is 5.81. The van der Waals surface area contributed by atoms with Crippen molar-refractivity contribution < 1.29 is 4.79 Å². The zero-order valence-electron chi connectivity index (χ0n) is 13.6. The lowest BCUT2D eigenvalue weighted by atomic mass is 10.2. The third-order valence-electron chi connectivity index (χ3n) is 4.10. The highest BCUT2D eigenvalue weighted by Crippen LogP contribution is 2.20. The number of aromatic nitrogens is 1. The number of piperazine rings is 1. The summed E-state index contributed by atoms with van der Waals surface area (Å²) in [5.41, 5.74) is 2.43. The molecule has 1 aliphatic rings. The van der Waals surface area contributed by atoms with E-state index in [1.807, 2.05) is 23.1 Å². The van der Waals surface area contributed by atoms with E-state index in [0.717, 1.165) is 18.8 Å². The number of nitriles is 1. The molecule has 0 spiro atoms. The average Bonchev–Trinajstić information content (AvgIpc) is 2.62. The van der Waals surface area contributed by atoms with Crippen molar-refractivity contribution in [3.8, 4) is 6.07 Å². The van der Waals surface area contributed by atoms with E-state index in [1.165, 1.54) is 0 Å². The van der Waals surface area contributed by atoms with Crippen molar-refractivity contribution in [3.63, 3.8) is 0 Å². The van der Waals surface area contributed by atoms with Crippen LogP contribution >= 0.6 is 0 Å². The number of benzene rings is 1. The van der Waals surface area contributed by atoms with Gasteiger partial charge in [-0.05, 0) is 31.3 Å². The minimum atomic E-state index is -0.0553. The Balaban J connectivity index is 1.77. The van der Waals surface area contributed by atoms with Gasteiger partial charge in [0, 0.05) is 38.1 Å². The van der Waals surface area contributed by atoms with Crippen LogP contribution in [0.2, 0.25) is 0 Å². The molecule has 6 heteroatoms.